The number of hydrogen-bond donors (Lipinski definition) is 0. The first-order valence-electron chi connectivity index (χ1n) is 4.79. The molecule has 0 bridgehead atoms. The van der Waals surface area contributed by atoms with E-state index in [4.69, 9.17) is 5.26 Å². The first kappa shape index (κ1) is 10.1. The van der Waals surface area contributed by atoms with Crippen LogP contribution in [-0.4, -0.2) is 16.1 Å². The minimum absolute atomic E-state index is 0.413. The maximum Gasteiger partial charge on any atom is 0.170 e. The van der Waals surface area contributed by atoms with E-state index in [-0.39, 0.29) is 0 Å². The molecule has 0 atom stereocenters. The van der Waals surface area contributed by atoms with Gasteiger partial charge in [0.15, 0.2) is 6.29 Å². The van der Waals surface area contributed by atoms with Crippen LogP contribution < -0.4 is 0 Å². The normalized spacial score (nSPS) is 9.69. The summed E-state index contributed by atoms with van der Waals surface area (Å²) in [5.41, 5.74) is 2.02. The third-order valence-electron chi connectivity index (χ3n) is 2.18. The second-order valence-electron chi connectivity index (χ2n) is 3.37. The van der Waals surface area contributed by atoms with Gasteiger partial charge >= 0.3 is 0 Å². The quantitative estimate of drug-likeness (QED) is 0.725. The van der Waals surface area contributed by atoms with Crippen molar-refractivity contribution in [2.45, 2.75) is 6.54 Å². The summed E-state index contributed by atoms with van der Waals surface area (Å²) >= 11 is 0. The Morgan fingerprint density at radius 2 is 2.31 bits per heavy atom. The fraction of sp³-hybridized carbons (Fsp3) is 0.0833. The summed E-state index contributed by atoms with van der Waals surface area (Å²) < 4.78 is 1.67. The summed E-state index contributed by atoms with van der Waals surface area (Å²) in [5, 5.41) is 12.8. The predicted octanol–water partition coefficient (Wildman–Crippen LogP) is 1.62. The van der Waals surface area contributed by atoms with Crippen molar-refractivity contribution in [2.24, 2.45) is 0 Å². The Kier molecular flexibility index (Phi) is 2.79. The van der Waals surface area contributed by atoms with Gasteiger partial charge in [0.05, 0.1) is 18.2 Å². The fourth-order valence-electron chi connectivity index (χ4n) is 1.45. The van der Waals surface area contributed by atoms with E-state index in [2.05, 4.69) is 11.2 Å². The van der Waals surface area contributed by atoms with Crippen LogP contribution in [0.1, 0.15) is 21.6 Å². The van der Waals surface area contributed by atoms with Crippen LogP contribution in [0.5, 0.6) is 0 Å². The lowest BCUT2D eigenvalue weighted by molar-refractivity contribution is 0.111. The maximum atomic E-state index is 10.5. The lowest BCUT2D eigenvalue weighted by Gasteiger charge is -2.01. The second-order valence-corrected chi connectivity index (χ2v) is 3.37. The number of nitrogens with zero attached hydrogens (tertiary/aromatic N) is 3. The summed E-state index contributed by atoms with van der Waals surface area (Å²) in [4.78, 5) is 10.5. The van der Waals surface area contributed by atoms with Crippen LogP contribution in [0, 0.1) is 11.3 Å². The molecule has 0 saturated heterocycles. The molecule has 0 aliphatic heterocycles. The SMILES string of the molecule is N#Cc1cccc(Cn2ccc(C=O)n2)c1. The second kappa shape index (κ2) is 4.41. The summed E-state index contributed by atoms with van der Waals surface area (Å²) in [5.74, 6) is 0. The number of rotatable bonds is 3. The molecule has 2 rings (SSSR count). The standard InChI is InChI=1S/C12H9N3O/c13-7-10-2-1-3-11(6-10)8-15-5-4-12(9-16)14-15/h1-6,9H,8H2. The van der Waals surface area contributed by atoms with Crippen LogP contribution >= 0.6 is 0 Å². The topological polar surface area (TPSA) is 58.7 Å². The zero-order chi connectivity index (χ0) is 11.4. The molecule has 0 N–H and O–H groups in total. The third kappa shape index (κ3) is 2.15. The first-order chi connectivity index (χ1) is 7.81. The van der Waals surface area contributed by atoms with Gasteiger partial charge in [-0.25, -0.2) is 0 Å². The van der Waals surface area contributed by atoms with Gasteiger partial charge in [-0.1, -0.05) is 12.1 Å². The molecule has 0 spiro atoms. The van der Waals surface area contributed by atoms with Crippen molar-refractivity contribution < 1.29 is 4.79 Å². The van der Waals surface area contributed by atoms with Gasteiger partial charge in [-0.3, -0.25) is 9.48 Å². The molecular weight excluding hydrogens is 202 g/mol. The minimum atomic E-state index is 0.413. The van der Waals surface area contributed by atoms with Gasteiger partial charge in [0, 0.05) is 6.20 Å². The van der Waals surface area contributed by atoms with Gasteiger partial charge in [-0.15, -0.1) is 0 Å². The molecule has 1 aromatic heterocycles. The Morgan fingerprint density at radius 1 is 1.44 bits per heavy atom. The molecule has 4 heteroatoms. The Balaban J connectivity index is 2.20. The molecule has 0 amide bonds. The average Bonchev–Trinajstić information content (AvgIpc) is 2.77. The highest BCUT2D eigenvalue weighted by molar-refractivity contribution is 5.71. The van der Waals surface area contributed by atoms with Crippen molar-refractivity contribution in [3.05, 3.63) is 53.3 Å². The Bertz CT molecular complexity index is 551. The predicted molar refractivity (Wildman–Crippen MR) is 57.9 cm³/mol. The first-order valence-corrected chi connectivity index (χ1v) is 4.79. The van der Waals surface area contributed by atoms with E-state index in [1.54, 1.807) is 23.0 Å². The molecule has 4 nitrogen and oxygen atoms in total. The van der Waals surface area contributed by atoms with Crippen LogP contribution in [0.15, 0.2) is 36.5 Å². The van der Waals surface area contributed by atoms with Crippen LogP contribution in [0.3, 0.4) is 0 Å². The number of nitriles is 1. The van der Waals surface area contributed by atoms with E-state index in [9.17, 15) is 4.79 Å². The summed E-state index contributed by atoms with van der Waals surface area (Å²) in [6.45, 7) is 0.559. The van der Waals surface area contributed by atoms with Gasteiger partial charge in [0.25, 0.3) is 0 Å². The van der Waals surface area contributed by atoms with E-state index in [0.29, 0.717) is 24.1 Å². The van der Waals surface area contributed by atoms with Crippen LogP contribution in [0.4, 0.5) is 0 Å². The summed E-state index contributed by atoms with van der Waals surface area (Å²) in [6, 6.07) is 11.0. The van der Waals surface area contributed by atoms with Gasteiger partial charge in [0.2, 0.25) is 0 Å². The van der Waals surface area contributed by atoms with E-state index in [1.165, 1.54) is 0 Å². The molecule has 16 heavy (non-hydrogen) atoms. The Morgan fingerprint density at radius 3 is 3.00 bits per heavy atom. The molecule has 78 valence electrons. The molecule has 2 aromatic rings. The van der Waals surface area contributed by atoms with Gasteiger partial charge in [-0.05, 0) is 23.8 Å². The number of aromatic nitrogens is 2. The zero-order valence-corrected chi connectivity index (χ0v) is 8.50. The number of carbonyl (C=O) groups is 1. The van der Waals surface area contributed by atoms with Crippen molar-refractivity contribution in [3.63, 3.8) is 0 Å². The van der Waals surface area contributed by atoms with E-state index < -0.39 is 0 Å². The molecule has 0 radical (unpaired) electrons. The van der Waals surface area contributed by atoms with Crippen LogP contribution in [0.25, 0.3) is 0 Å². The van der Waals surface area contributed by atoms with Crippen molar-refractivity contribution in [1.29, 1.82) is 5.26 Å². The molecule has 0 saturated carbocycles. The number of carbonyl (C=O) groups excluding carboxylic acids is 1. The van der Waals surface area contributed by atoms with E-state index in [1.807, 2.05) is 18.2 Å². The maximum absolute atomic E-state index is 10.5. The molecule has 0 aliphatic carbocycles. The highest BCUT2D eigenvalue weighted by atomic mass is 16.1. The number of benzene rings is 1. The van der Waals surface area contributed by atoms with Gasteiger partial charge in [0.1, 0.15) is 5.69 Å². The monoisotopic (exact) mass is 211 g/mol. The lowest BCUT2D eigenvalue weighted by atomic mass is 10.1. The van der Waals surface area contributed by atoms with Crippen molar-refractivity contribution in [3.8, 4) is 6.07 Å². The van der Waals surface area contributed by atoms with E-state index >= 15 is 0 Å². The molecule has 0 aliphatic rings. The number of aldehydes is 1. The van der Waals surface area contributed by atoms with Crippen molar-refractivity contribution >= 4 is 6.29 Å². The average molecular weight is 211 g/mol. The highest BCUT2D eigenvalue weighted by Crippen LogP contribution is 2.06. The molecular formula is C12H9N3O. The van der Waals surface area contributed by atoms with Crippen LogP contribution in [0.2, 0.25) is 0 Å². The van der Waals surface area contributed by atoms with Crippen molar-refractivity contribution in [2.75, 3.05) is 0 Å². The third-order valence-corrected chi connectivity index (χ3v) is 2.18. The Hall–Kier alpha value is -2.41. The van der Waals surface area contributed by atoms with Crippen LogP contribution in [-0.2, 0) is 6.54 Å². The van der Waals surface area contributed by atoms with Gasteiger partial charge < -0.3 is 0 Å². The Labute approximate surface area is 92.7 Å². The minimum Gasteiger partial charge on any atom is -0.296 e. The van der Waals surface area contributed by atoms with Gasteiger partial charge in [-0.2, -0.15) is 10.4 Å². The van der Waals surface area contributed by atoms with Crippen molar-refractivity contribution in [1.82, 2.24) is 9.78 Å². The summed E-state index contributed by atoms with van der Waals surface area (Å²) in [6.07, 6.45) is 2.45. The smallest absolute Gasteiger partial charge is 0.170 e. The molecule has 1 heterocycles. The zero-order valence-electron chi connectivity index (χ0n) is 8.50. The molecule has 1 aromatic carbocycles. The number of hydrogen-bond acceptors (Lipinski definition) is 3. The molecule has 0 fully saturated rings. The van der Waals surface area contributed by atoms with E-state index in [0.717, 1.165) is 5.56 Å². The lowest BCUT2D eigenvalue weighted by Crippen LogP contribution is -2.01. The highest BCUT2D eigenvalue weighted by Gasteiger charge is 1.99. The fourth-order valence-corrected chi connectivity index (χ4v) is 1.45. The molecule has 0 unspecified atom stereocenters. The largest absolute Gasteiger partial charge is 0.296 e. The summed E-state index contributed by atoms with van der Waals surface area (Å²) in [7, 11) is 0.